The number of nitrogens with zero attached hydrogens (tertiary/aromatic N) is 2. The number of carboxylic acid groups (broad SMARTS) is 1. The Balaban J connectivity index is 1.83. The zero-order valence-electron chi connectivity index (χ0n) is 14.6. The van der Waals surface area contributed by atoms with Gasteiger partial charge in [0.2, 0.25) is 0 Å². The number of amides is 1. The van der Waals surface area contributed by atoms with Gasteiger partial charge in [0.05, 0.1) is 0 Å². The Hall–Kier alpha value is -2.08. The van der Waals surface area contributed by atoms with Crippen LogP contribution < -0.4 is 4.74 Å². The fraction of sp³-hybridized carbons (Fsp3) is 0.556. The molecule has 132 valence electrons. The lowest BCUT2D eigenvalue weighted by atomic mass is 10.1. The molecule has 24 heavy (non-hydrogen) atoms. The van der Waals surface area contributed by atoms with Crippen LogP contribution in [0.2, 0.25) is 0 Å². The smallest absolute Gasteiger partial charge is 0.320 e. The van der Waals surface area contributed by atoms with E-state index in [2.05, 4.69) is 6.07 Å². The van der Waals surface area contributed by atoms with Crippen molar-refractivity contribution in [3.05, 3.63) is 29.3 Å². The molecule has 0 saturated carbocycles. The predicted molar refractivity (Wildman–Crippen MR) is 91.3 cm³/mol. The van der Waals surface area contributed by atoms with Crippen LogP contribution in [-0.4, -0.2) is 65.6 Å². The number of benzene rings is 1. The van der Waals surface area contributed by atoms with Crippen LogP contribution in [0.15, 0.2) is 18.2 Å². The van der Waals surface area contributed by atoms with Crippen LogP contribution in [0.25, 0.3) is 0 Å². The highest BCUT2D eigenvalue weighted by Gasteiger charge is 2.29. The van der Waals surface area contributed by atoms with E-state index in [9.17, 15) is 14.7 Å². The molecule has 1 aliphatic rings. The van der Waals surface area contributed by atoms with Crippen LogP contribution in [0, 0.1) is 13.8 Å². The average Bonchev–Trinajstić information content (AvgIpc) is 2.52. The van der Waals surface area contributed by atoms with Gasteiger partial charge < -0.3 is 14.7 Å². The minimum atomic E-state index is -0.796. The van der Waals surface area contributed by atoms with Gasteiger partial charge in [0.1, 0.15) is 11.8 Å². The Morgan fingerprint density at radius 1 is 1.12 bits per heavy atom. The van der Waals surface area contributed by atoms with Crippen molar-refractivity contribution in [3.8, 4) is 5.75 Å². The Morgan fingerprint density at radius 3 is 2.21 bits per heavy atom. The molecule has 0 aromatic heterocycles. The van der Waals surface area contributed by atoms with Gasteiger partial charge in [-0.15, -0.1) is 0 Å². The Kier molecular flexibility index (Phi) is 6.20. The van der Waals surface area contributed by atoms with Gasteiger partial charge >= 0.3 is 5.97 Å². The molecule has 0 bridgehead atoms. The molecule has 0 unspecified atom stereocenters. The molecule has 1 atom stereocenters. The molecule has 6 heteroatoms. The van der Waals surface area contributed by atoms with E-state index in [1.165, 1.54) is 0 Å². The molecule has 1 heterocycles. The third-order valence-electron chi connectivity index (χ3n) is 4.34. The van der Waals surface area contributed by atoms with Crippen molar-refractivity contribution in [1.82, 2.24) is 9.80 Å². The third-order valence-corrected chi connectivity index (χ3v) is 4.34. The van der Waals surface area contributed by atoms with Gasteiger partial charge in [0, 0.05) is 26.2 Å². The van der Waals surface area contributed by atoms with Crippen LogP contribution in [0.3, 0.4) is 0 Å². The molecule has 6 nitrogen and oxygen atoms in total. The van der Waals surface area contributed by atoms with Gasteiger partial charge in [-0.25, -0.2) is 0 Å². The lowest BCUT2D eigenvalue weighted by Crippen LogP contribution is -2.54. The summed E-state index contributed by atoms with van der Waals surface area (Å²) in [7, 11) is 0. The normalized spacial score (nSPS) is 16.7. The van der Waals surface area contributed by atoms with Crippen LogP contribution in [0.4, 0.5) is 0 Å². The Bertz CT molecular complexity index is 574. The van der Waals surface area contributed by atoms with E-state index in [0.29, 0.717) is 38.3 Å². The summed E-state index contributed by atoms with van der Waals surface area (Å²) in [5, 5.41) is 9.21. The number of ether oxygens (including phenoxy) is 1. The highest BCUT2D eigenvalue weighted by atomic mass is 16.5. The van der Waals surface area contributed by atoms with Gasteiger partial charge in [-0.2, -0.15) is 0 Å². The first-order chi connectivity index (χ1) is 11.4. The number of carboxylic acids is 1. The molecular weight excluding hydrogens is 308 g/mol. The molecule has 1 amide bonds. The summed E-state index contributed by atoms with van der Waals surface area (Å²) in [6.07, 6.45) is 0.569. The molecule has 1 aromatic rings. The highest BCUT2D eigenvalue weighted by molar-refractivity contribution is 5.78. The molecule has 1 fully saturated rings. The number of carbonyl (C=O) groups excluding carboxylic acids is 1. The second kappa shape index (κ2) is 8.15. The summed E-state index contributed by atoms with van der Waals surface area (Å²) in [6.45, 7) is 8.12. The van der Waals surface area contributed by atoms with Crippen molar-refractivity contribution >= 4 is 11.9 Å². The maximum Gasteiger partial charge on any atom is 0.320 e. The number of aryl methyl sites for hydroxylation is 2. The highest BCUT2D eigenvalue weighted by Crippen LogP contribution is 2.16. The maximum absolute atomic E-state index is 12.3. The number of hydrogen-bond donors (Lipinski definition) is 1. The number of rotatable bonds is 6. The zero-order valence-corrected chi connectivity index (χ0v) is 14.6. The van der Waals surface area contributed by atoms with Crippen LogP contribution in [0.5, 0.6) is 5.75 Å². The molecule has 1 N–H and O–H groups in total. The molecule has 1 aliphatic heterocycles. The summed E-state index contributed by atoms with van der Waals surface area (Å²) < 4.78 is 5.62. The molecular formula is C18H26N2O4. The quantitative estimate of drug-likeness (QED) is 0.857. The molecule has 0 radical (unpaired) electrons. The summed E-state index contributed by atoms with van der Waals surface area (Å²) in [4.78, 5) is 27.2. The zero-order chi connectivity index (χ0) is 17.7. The van der Waals surface area contributed by atoms with E-state index in [4.69, 9.17) is 4.74 Å². The number of carbonyl (C=O) groups is 2. The molecule has 1 aromatic carbocycles. The van der Waals surface area contributed by atoms with Gasteiger partial charge in [-0.3, -0.25) is 14.5 Å². The fourth-order valence-corrected chi connectivity index (χ4v) is 3.12. The van der Waals surface area contributed by atoms with Gasteiger partial charge in [-0.1, -0.05) is 13.0 Å². The first-order valence-corrected chi connectivity index (χ1v) is 8.36. The summed E-state index contributed by atoms with van der Waals surface area (Å²) in [5.41, 5.74) is 2.20. The largest absolute Gasteiger partial charge is 0.484 e. The number of hydrogen-bond acceptors (Lipinski definition) is 4. The maximum atomic E-state index is 12.3. The van der Waals surface area contributed by atoms with E-state index in [-0.39, 0.29) is 12.5 Å². The molecule has 2 rings (SSSR count). The lowest BCUT2D eigenvalue weighted by molar-refractivity contribution is -0.145. The van der Waals surface area contributed by atoms with Crippen LogP contribution in [0.1, 0.15) is 24.5 Å². The third kappa shape index (κ3) is 4.71. The van der Waals surface area contributed by atoms with E-state index >= 15 is 0 Å². The van der Waals surface area contributed by atoms with Crippen LogP contribution in [-0.2, 0) is 9.59 Å². The molecule has 0 spiro atoms. The number of aliphatic carboxylic acids is 1. The Labute approximate surface area is 143 Å². The summed E-state index contributed by atoms with van der Waals surface area (Å²) in [5.74, 6) is -0.149. The summed E-state index contributed by atoms with van der Waals surface area (Å²) >= 11 is 0. The first kappa shape index (κ1) is 18.3. The minimum Gasteiger partial charge on any atom is -0.484 e. The predicted octanol–water partition coefficient (Wildman–Crippen LogP) is 1.69. The standard InChI is InChI=1S/C18H26N2O4/c1-4-16(18(22)23)19-5-7-20(8-6-19)17(21)12-24-15-10-13(2)9-14(3)11-15/h9-11,16H,4-8,12H2,1-3H3,(H,22,23)/t16-/m1/s1. The van der Waals surface area contributed by atoms with E-state index in [1.807, 2.05) is 37.8 Å². The van der Waals surface area contributed by atoms with Crippen molar-refractivity contribution in [2.75, 3.05) is 32.8 Å². The fourth-order valence-electron chi connectivity index (χ4n) is 3.12. The van der Waals surface area contributed by atoms with E-state index < -0.39 is 12.0 Å². The van der Waals surface area contributed by atoms with E-state index in [1.54, 1.807) is 4.90 Å². The molecule has 1 saturated heterocycles. The number of piperazine rings is 1. The van der Waals surface area contributed by atoms with Crippen molar-refractivity contribution in [1.29, 1.82) is 0 Å². The monoisotopic (exact) mass is 334 g/mol. The van der Waals surface area contributed by atoms with Crippen molar-refractivity contribution < 1.29 is 19.4 Å². The van der Waals surface area contributed by atoms with Crippen LogP contribution >= 0.6 is 0 Å². The Morgan fingerprint density at radius 2 is 1.71 bits per heavy atom. The summed E-state index contributed by atoms with van der Waals surface area (Å²) in [6, 6.07) is 5.42. The molecule has 0 aliphatic carbocycles. The topological polar surface area (TPSA) is 70.1 Å². The van der Waals surface area contributed by atoms with Gasteiger partial charge in [-0.05, 0) is 43.5 Å². The van der Waals surface area contributed by atoms with Crippen molar-refractivity contribution in [2.45, 2.75) is 33.2 Å². The second-order valence-corrected chi connectivity index (χ2v) is 6.29. The first-order valence-electron chi connectivity index (χ1n) is 8.36. The lowest BCUT2D eigenvalue weighted by Gasteiger charge is -2.37. The van der Waals surface area contributed by atoms with E-state index in [0.717, 1.165) is 11.1 Å². The SMILES string of the molecule is CC[C@H](C(=O)O)N1CCN(C(=O)COc2cc(C)cc(C)c2)CC1. The van der Waals surface area contributed by atoms with Crippen molar-refractivity contribution in [3.63, 3.8) is 0 Å². The van der Waals surface area contributed by atoms with Gasteiger partial charge in [0.15, 0.2) is 6.61 Å². The van der Waals surface area contributed by atoms with Crippen molar-refractivity contribution in [2.24, 2.45) is 0 Å². The second-order valence-electron chi connectivity index (χ2n) is 6.29. The average molecular weight is 334 g/mol. The van der Waals surface area contributed by atoms with Gasteiger partial charge in [0.25, 0.3) is 5.91 Å². The minimum absolute atomic E-state index is 0.0129.